The minimum atomic E-state index is -0.442. The summed E-state index contributed by atoms with van der Waals surface area (Å²) in [6.45, 7) is 2.09. The monoisotopic (exact) mass is 267 g/mol. The molecule has 0 bridgehead atoms. The van der Waals surface area contributed by atoms with E-state index in [1.807, 2.05) is 0 Å². The minimum absolute atomic E-state index is 0.0169. The van der Waals surface area contributed by atoms with Crippen LogP contribution in [0, 0.1) is 10.1 Å². The fourth-order valence-corrected chi connectivity index (χ4v) is 1.71. The third-order valence-corrected chi connectivity index (χ3v) is 2.62. The van der Waals surface area contributed by atoms with Crippen LogP contribution in [0.3, 0.4) is 0 Å². The summed E-state index contributed by atoms with van der Waals surface area (Å²) >= 11 is 0. The topological polar surface area (TPSA) is 78.7 Å². The minimum Gasteiger partial charge on any atom is -0.497 e. The predicted molar refractivity (Wildman–Crippen MR) is 69.2 cm³/mol. The van der Waals surface area contributed by atoms with Crippen LogP contribution in [0.15, 0.2) is 18.2 Å². The SMILES string of the molecule is CCOC(=O)CCCc1ccc(OC)cc1[N+](=O)[O-]. The van der Waals surface area contributed by atoms with Crippen molar-refractivity contribution < 1.29 is 19.2 Å². The van der Waals surface area contributed by atoms with Crippen LogP contribution in [0.2, 0.25) is 0 Å². The lowest BCUT2D eigenvalue weighted by Crippen LogP contribution is -2.04. The molecule has 0 aliphatic carbocycles. The summed E-state index contributed by atoms with van der Waals surface area (Å²) in [6.07, 6.45) is 1.24. The zero-order valence-electron chi connectivity index (χ0n) is 11.0. The van der Waals surface area contributed by atoms with E-state index in [9.17, 15) is 14.9 Å². The van der Waals surface area contributed by atoms with E-state index in [-0.39, 0.29) is 18.1 Å². The number of hydrogen-bond donors (Lipinski definition) is 0. The smallest absolute Gasteiger partial charge is 0.305 e. The molecule has 0 radical (unpaired) electrons. The van der Waals surface area contributed by atoms with Crippen LogP contribution in [-0.2, 0) is 16.0 Å². The zero-order valence-corrected chi connectivity index (χ0v) is 11.0. The highest BCUT2D eigenvalue weighted by atomic mass is 16.6. The molecule has 0 N–H and O–H groups in total. The van der Waals surface area contributed by atoms with E-state index in [2.05, 4.69) is 0 Å². The average molecular weight is 267 g/mol. The highest BCUT2D eigenvalue weighted by Gasteiger charge is 2.15. The molecule has 0 spiro atoms. The molecule has 104 valence electrons. The first-order valence-corrected chi connectivity index (χ1v) is 6.05. The van der Waals surface area contributed by atoms with E-state index in [1.54, 1.807) is 19.1 Å². The number of nitro groups is 1. The van der Waals surface area contributed by atoms with Gasteiger partial charge in [-0.05, 0) is 31.9 Å². The third-order valence-electron chi connectivity index (χ3n) is 2.62. The van der Waals surface area contributed by atoms with Crippen LogP contribution >= 0.6 is 0 Å². The molecule has 6 nitrogen and oxygen atoms in total. The first-order valence-electron chi connectivity index (χ1n) is 6.05. The van der Waals surface area contributed by atoms with Gasteiger partial charge in [-0.15, -0.1) is 0 Å². The van der Waals surface area contributed by atoms with Crippen molar-refractivity contribution in [1.29, 1.82) is 0 Å². The molecule has 1 aromatic rings. The number of aryl methyl sites for hydroxylation is 1. The van der Waals surface area contributed by atoms with E-state index in [0.29, 0.717) is 30.8 Å². The van der Waals surface area contributed by atoms with Crippen molar-refractivity contribution in [3.63, 3.8) is 0 Å². The van der Waals surface area contributed by atoms with Crippen LogP contribution in [0.5, 0.6) is 5.75 Å². The first-order chi connectivity index (χ1) is 9.08. The second-order valence-electron chi connectivity index (χ2n) is 3.91. The lowest BCUT2D eigenvalue weighted by molar-refractivity contribution is -0.385. The summed E-state index contributed by atoms with van der Waals surface area (Å²) < 4.78 is 9.76. The van der Waals surface area contributed by atoms with Crippen molar-refractivity contribution >= 4 is 11.7 Å². The number of hydrogen-bond acceptors (Lipinski definition) is 5. The van der Waals surface area contributed by atoms with Crippen LogP contribution in [-0.4, -0.2) is 24.6 Å². The number of nitrogens with zero attached hydrogens (tertiary/aromatic N) is 1. The number of esters is 1. The van der Waals surface area contributed by atoms with E-state index < -0.39 is 4.92 Å². The molecule has 1 aromatic carbocycles. The third kappa shape index (κ3) is 4.57. The Kier molecular flexibility index (Phi) is 5.78. The second kappa shape index (κ2) is 7.35. The molecule has 0 atom stereocenters. The van der Waals surface area contributed by atoms with Gasteiger partial charge in [-0.1, -0.05) is 0 Å². The van der Waals surface area contributed by atoms with Gasteiger partial charge in [0, 0.05) is 12.0 Å². The van der Waals surface area contributed by atoms with Gasteiger partial charge in [0.25, 0.3) is 5.69 Å². The summed E-state index contributed by atoms with van der Waals surface area (Å²) in [5.41, 5.74) is 0.610. The Balaban J connectivity index is 2.67. The Labute approximate surface area is 111 Å². The molecule has 19 heavy (non-hydrogen) atoms. The molecule has 0 fully saturated rings. The number of nitro benzene ring substituents is 1. The molecule has 0 unspecified atom stereocenters. The summed E-state index contributed by atoms with van der Waals surface area (Å²) in [6, 6.07) is 4.72. The standard InChI is InChI=1S/C13H17NO5/c1-3-19-13(15)6-4-5-10-7-8-11(18-2)9-12(10)14(16)17/h7-9H,3-6H2,1-2H3. The quantitative estimate of drug-likeness (QED) is 0.431. The first kappa shape index (κ1) is 14.9. The molecule has 0 aromatic heterocycles. The molecular weight excluding hydrogens is 250 g/mol. The van der Waals surface area contributed by atoms with Gasteiger partial charge in [-0.2, -0.15) is 0 Å². The van der Waals surface area contributed by atoms with Crippen molar-refractivity contribution in [1.82, 2.24) is 0 Å². The van der Waals surface area contributed by atoms with Crippen LogP contribution in [0.25, 0.3) is 0 Å². The molecule has 6 heteroatoms. The zero-order chi connectivity index (χ0) is 14.3. The van der Waals surface area contributed by atoms with Crippen LogP contribution in [0.4, 0.5) is 5.69 Å². The average Bonchev–Trinajstić information content (AvgIpc) is 2.39. The Morgan fingerprint density at radius 2 is 2.16 bits per heavy atom. The Morgan fingerprint density at radius 3 is 2.74 bits per heavy atom. The fourth-order valence-electron chi connectivity index (χ4n) is 1.71. The Bertz CT molecular complexity index is 458. The summed E-state index contributed by atoms with van der Waals surface area (Å²) in [5, 5.41) is 10.9. The van der Waals surface area contributed by atoms with Crippen molar-refractivity contribution in [2.45, 2.75) is 26.2 Å². The largest absolute Gasteiger partial charge is 0.497 e. The van der Waals surface area contributed by atoms with E-state index in [1.165, 1.54) is 13.2 Å². The predicted octanol–water partition coefficient (Wildman–Crippen LogP) is 2.49. The molecule has 0 aliphatic heterocycles. The summed E-state index contributed by atoms with van der Waals surface area (Å²) in [4.78, 5) is 21.7. The molecular formula is C13H17NO5. The molecule has 0 amide bonds. The van der Waals surface area contributed by atoms with Crippen molar-refractivity contribution in [2.24, 2.45) is 0 Å². The summed E-state index contributed by atoms with van der Waals surface area (Å²) in [5.74, 6) is 0.166. The van der Waals surface area contributed by atoms with E-state index in [0.717, 1.165) is 0 Å². The van der Waals surface area contributed by atoms with Gasteiger partial charge in [0.05, 0.1) is 24.7 Å². The highest BCUT2D eigenvalue weighted by molar-refractivity contribution is 5.69. The highest BCUT2D eigenvalue weighted by Crippen LogP contribution is 2.25. The maximum absolute atomic E-state index is 11.2. The molecule has 0 saturated heterocycles. The maximum atomic E-state index is 11.2. The van der Waals surface area contributed by atoms with Crippen molar-refractivity contribution in [2.75, 3.05) is 13.7 Å². The maximum Gasteiger partial charge on any atom is 0.305 e. The van der Waals surface area contributed by atoms with E-state index >= 15 is 0 Å². The summed E-state index contributed by atoms with van der Waals surface area (Å²) in [7, 11) is 1.46. The number of methoxy groups -OCH3 is 1. The molecule has 1 rings (SSSR count). The lowest BCUT2D eigenvalue weighted by atomic mass is 10.1. The normalized spacial score (nSPS) is 10.0. The number of carbonyl (C=O) groups excluding carboxylic acids is 1. The number of rotatable bonds is 7. The fraction of sp³-hybridized carbons (Fsp3) is 0.462. The Hall–Kier alpha value is -2.11. The van der Waals surface area contributed by atoms with Gasteiger partial charge in [0.15, 0.2) is 0 Å². The van der Waals surface area contributed by atoms with Crippen molar-refractivity contribution in [3.8, 4) is 5.75 Å². The molecule has 0 saturated carbocycles. The van der Waals surface area contributed by atoms with Gasteiger partial charge in [-0.3, -0.25) is 14.9 Å². The Morgan fingerprint density at radius 1 is 1.42 bits per heavy atom. The lowest BCUT2D eigenvalue weighted by Gasteiger charge is -2.05. The van der Waals surface area contributed by atoms with Gasteiger partial charge < -0.3 is 9.47 Å². The van der Waals surface area contributed by atoms with Gasteiger partial charge in [-0.25, -0.2) is 0 Å². The van der Waals surface area contributed by atoms with Crippen LogP contribution < -0.4 is 4.74 Å². The number of carbonyl (C=O) groups is 1. The van der Waals surface area contributed by atoms with Crippen molar-refractivity contribution in [3.05, 3.63) is 33.9 Å². The number of benzene rings is 1. The van der Waals surface area contributed by atoms with Crippen LogP contribution in [0.1, 0.15) is 25.3 Å². The molecule has 0 heterocycles. The van der Waals surface area contributed by atoms with Gasteiger partial charge in [0.1, 0.15) is 5.75 Å². The van der Waals surface area contributed by atoms with E-state index in [4.69, 9.17) is 9.47 Å². The second-order valence-corrected chi connectivity index (χ2v) is 3.91. The molecule has 0 aliphatic rings. The van der Waals surface area contributed by atoms with Gasteiger partial charge in [0.2, 0.25) is 0 Å². The van der Waals surface area contributed by atoms with Gasteiger partial charge >= 0.3 is 5.97 Å². The number of ether oxygens (including phenoxy) is 2.